The van der Waals surface area contributed by atoms with Gasteiger partial charge in [-0.05, 0) is 18.8 Å². The van der Waals surface area contributed by atoms with Gasteiger partial charge in [-0.1, -0.05) is 18.9 Å². The van der Waals surface area contributed by atoms with E-state index in [0.29, 0.717) is 5.92 Å². The van der Waals surface area contributed by atoms with Crippen molar-refractivity contribution >= 4 is 12.0 Å². The monoisotopic (exact) mass is 226 g/mol. The summed E-state index contributed by atoms with van der Waals surface area (Å²) in [5.41, 5.74) is 0. The standard InChI is InChI=1S/C11H18N2O3/c1-16-10(14)8-13-11(15)12-7-6-9-4-2-3-5-9/h6-7,9H,2-5,8H2,1H3,(H2,12,13,15)/b7-6+. The lowest BCUT2D eigenvalue weighted by Gasteiger charge is -2.04. The van der Waals surface area contributed by atoms with Gasteiger partial charge in [0.1, 0.15) is 6.54 Å². The number of rotatable bonds is 4. The maximum absolute atomic E-state index is 11.2. The van der Waals surface area contributed by atoms with E-state index in [1.807, 2.05) is 6.08 Å². The van der Waals surface area contributed by atoms with Crippen LogP contribution in [0.4, 0.5) is 4.79 Å². The van der Waals surface area contributed by atoms with E-state index in [1.54, 1.807) is 6.20 Å². The first-order valence-electron chi connectivity index (χ1n) is 5.50. The summed E-state index contributed by atoms with van der Waals surface area (Å²) in [5, 5.41) is 4.93. The number of carbonyl (C=O) groups excluding carboxylic acids is 2. The van der Waals surface area contributed by atoms with Crippen LogP contribution in [0.25, 0.3) is 0 Å². The Bertz CT molecular complexity index is 270. The van der Waals surface area contributed by atoms with Crippen LogP contribution in [0.1, 0.15) is 25.7 Å². The first kappa shape index (κ1) is 12.5. The van der Waals surface area contributed by atoms with Crippen molar-refractivity contribution in [2.45, 2.75) is 25.7 Å². The van der Waals surface area contributed by atoms with Gasteiger partial charge in [0, 0.05) is 6.20 Å². The Balaban J connectivity index is 2.11. The largest absolute Gasteiger partial charge is 0.468 e. The summed E-state index contributed by atoms with van der Waals surface area (Å²) in [6.45, 7) is -0.112. The summed E-state index contributed by atoms with van der Waals surface area (Å²) in [5.74, 6) is 0.121. The van der Waals surface area contributed by atoms with Crippen LogP contribution in [0, 0.1) is 5.92 Å². The number of amides is 2. The number of hydrogen-bond donors (Lipinski definition) is 2. The van der Waals surface area contributed by atoms with Crippen molar-refractivity contribution < 1.29 is 14.3 Å². The fraction of sp³-hybridized carbons (Fsp3) is 0.636. The van der Waals surface area contributed by atoms with E-state index >= 15 is 0 Å². The van der Waals surface area contributed by atoms with E-state index < -0.39 is 5.97 Å². The molecule has 5 nitrogen and oxygen atoms in total. The van der Waals surface area contributed by atoms with Gasteiger partial charge in [0.2, 0.25) is 0 Å². The fourth-order valence-corrected chi connectivity index (χ4v) is 1.69. The molecule has 0 spiro atoms. The minimum atomic E-state index is -0.463. The minimum Gasteiger partial charge on any atom is -0.468 e. The number of allylic oxidation sites excluding steroid dienone is 1. The predicted molar refractivity (Wildman–Crippen MR) is 59.6 cm³/mol. The first-order chi connectivity index (χ1) is 7.72. The molecule has 0 heterocycles. The van der Waals surface area contributed by atoms with Gasteiger partial charge < -0.3 is 15.4 Å². The third kappa shape index (κ3) is 4.82. The van der Waals surface area contributed by atoms with Crippen LogP contribution in [0.3, 0.4) is 0 Å². The molecule has 0 unspecified atom stereocenters. The number of ether oxygens (including phenoxy) is 1. The second-order valence-electron chi connectivity index (χ2n) is 3.81. The maximum atomic E-state index is 11.2. The number of nitrogens with one attached hydrogen (secondary N) is 2. The van der Waals surface area contributed by atoms with Crippen LogP contribution in [0.15, 0.2) is 12.3 Å². The van der Waals surface area contributed by atoms with Crippen LogP contribution in [-0.2, 0) is 9.53 Å². The molecule has 16 heavy (non-hydrogen) atoms. The van der Waals surface area contributed by atoms with Crippen LogP contribution < -0.4 is 10.6 Å². The van der Waals surface area contributed by atoms with Gasteiger partial charge in [-0.2, -0.15) is 0 Å². The second-order valence-corrected chi connectivity index (χ2v) is 3.81. The topological polar surface area (TPSA) is 67.4 Å². The highest BCUT2D eigenvalue weighted by Crippen LogP contribution is 2.25. The van der Waals surface area contributed by atoms with Gasteiger partial charge in [-0.15, -0.1) is 0 Å². The molecule has 2 amide bonds. The first-order valence-corrected chi connectivity index (χ1v) is 5.50. The van der Waals surface area contributed by atoms with Gasteiger partial charge in [-0.25, -0.2) is 4.79 Å². The summed E-state index contributed by atoms with van der Waals surface area (Å²) in [7, 11) is 1.28. The zero-order valence-corrected chi connectivity index (χ0v) is 9.49. The van der Waals surface area contributed by atoms with Crippen molar-refractivity contribution in [3.8, 4) is 0 Å². The highest BCUT2D eigenvalue weighted by molar-refractivity contribution is 5.81. The van der Waals surface area contributed by atoms with E-state index in [0.717, 1.165) is 0 Å². The maximum Gasteiger partial charge on any atom is 0.325 e. The van der Waals surface area contributed by atoms with Crippen molar-refractivity contribution in [3.05, 3.63) is 12.3 Å². The highest BCUT2D eigenvalue weighted by Gasteiger charge is 2.11. The lowest BCUT2D eigenvalue weighted by atomic mass is 10.1. The molecule has 0 atom stereocenters. The number of urea groups is 1. The van der Waals surface area contributed by atoms with Gasteiger partial charge in [0.25, 0.3) is 0 Å². The molecule has 1 fully saturated rings. The van der Waals surface area contributed by atoms with Gasteiger partial charge >= 0.3 is 12.0 Å². The molecule has 1 aliphatic rings. The van der Waals surface area contributed by atoms with Crippen LogP contribution in [0.5, 0.6) is 0 Å². The van der Waals surface area contributed by atoms with Gasteiger partial charge in [0.05, 0.1) is 7.11 Å². The van der Waals surface area contributed by atoms with Crippen molar-refractivity contribution in [1.29, 1.82) is 0 Å². The number of hydrogen-bond acceptors (Lipinski definition) is 3. The summed E-state index contributed by atoms with van der Waals surface area (Å²) in [4.78, 5) is 21.9. The normalized spacial score (nSPS) is 16.3. The number of carbonyl (C=O) groups is 2. The van der Waals surface area contributed by atoms with Crippen LogP contribution in [-0.4, -0.2) is 25.7 Å². The molecule has 0 aromatic carbocycles. The SMILES string of the molecule is COC(=O)CNC(=O)N/C=C/C1CCCC1. The van der Waals surface area contributed by atoms with Gasteiger partial charge in [0.15, 0.2) is 0 Å². The fourth-order valence-electron chi connectivity index (χ4n) is 1.69. The molecule has 90 valence electrons. The molecular weight excluding hydrogens is 208 g/mol. The van der Waals surface area contributed by atoms with E-state index in [-0.39, 0.29) is 12.6 Å². The average Bonchev–Trinajstić information content (AvgIpc) is 2.79. The van der Waals surface area contributed by atoms with Crippen LogP contribution >= 0.6 is 0 Å². The smallest absolute Gasteiger partial charge is 0.325 e. The van der Waals surface area contributed by atoms with E-state index in [2.05, 4.69) is 15.4 Å². The van der Waals surface area contributed by atoms with Crippen molar-refractivity contribution in [2.24, 2.45) is 5.92 Å². The summed E-state index contributed by atoms with van der Waals surface area (Å²) in [6.07, 6.45) is 8.57. The average molecular weight is 226 g/mol. The second kappa shape index (κ2) is 6.87. The lowest BCUT2D eigenvalue weighted by Crippen LogP contribution is -2.36. The highest BCUT2D eigenvalue weighted by atomic mass is 16.5. The Hall–Kier alpha value is -1.52. The molecule has 0 saturated heterocycles. The van der Waals surface area contributed by atoms with Crippen molar-refractivity contribution in [2.75, 3.05) is 13.7 Å². The van der Waals surface area contributed by atoms with Crippen LogP contribution in [0.2, 0.25) is 0 Å². The lowest BCUT2D eigenvalue weighted by molar-refractivity contribution is -0.139. The van der Waals surface area contributed by atoms with Crippen molar-refractivity contribution in [1.82, 2.24) is 10.6 Å². The molecule has 1 rings (SSSR count). The molecular formula is C11H18N2O3. The Labute approximate surface area is 95.2 Å². The minimum absolute atomic E-state index is 0.112. The summed E-state index contributed by atoms with van der Waals surface area (Å²) < 4.78 is 4.39. The number of esters is 1. The van der Waals surface area contributed by atoms with E-state index in [4.69, 9.17) is 0 Å². The van der Waals surface area contributed by atoms with Gasteiger partial charge in [-0.3, -0.25) is 4.79 Å². The summed E-state index contributed by atoms with van der Waals surface area (Å²) >= 11 is 0. The molecule has 0 aromatic heterocycles. The van der Waals surface area contributed by atoms with Crippen molar-refractivity contribution in [3.63, 3.8) is 0 Å². The molecule has 1 saturated carbocycles. The van der Waals surface area contributed by atoms with E-state index in [9.17, 15) is 9.59 Å². The molecule has 2 N–H and O–H groups in total. The Morgan fingerprint density at radius 3 is 2.69 bits per heavy atom. The quantitative estimate of drug-likeness (QED) is 0.707. The Kier molecular flexibility index (Phi) is 5.39. The zero-order valence-electron chi connectivity index (χ0n) is 9.49. The molecule has 0 radical (unpaired) electrons. The third-order valence-corrected chi connectivity index (χ3v) is 2.60. The number of methoxy groups -OCH3 is 1. The zero-order chi connectivity index (χ0) is 11.8. The molecule has 0 bridgehead atoms. The molecule has 1 aliphatic carbocycles. The van der Waals surface area contributed by atoms with E-state index in [1.165, 1.54) is 32.8 Å². The summed E-state index contributed by atoms with van der Waals surface area (Å²) in [6, 6.07) is -0.389. The molecule has 0 aromatic rings. The molecule has 0 aliphatic heterocycles. The molecule has 5 heteroatoms. The Morgan fingerprint density at radius 1 is 1.38 bits per heavy atom. The Morgan fingerprint density at radius 2 is 2.06 bits per heavy atom. The predicted octanol–water partition coefficient (Wildman–Crippen LogP) is 1.16. The third-order valence-electron chi connectivity index (χ3n) is 2.60.